The zero-order valence-corrected chi connectivity index (χ0v) is 12.9. The lowest BCUT2D eigenvalue weighted by atomic mass is 10.1. The molecule has 2 aromatic rings. The fourth-order valence-electron chi connectivity index (χ4n) is 3.12. The smallest absolute Gasteiger partial charge is 0.336 e. The van der Waals surface area contributed by atoms with Crippen LogP contribution in [0.25, 0.3) is 11.0 Å². The van der Waals surface area contributed by atoms with Crippen LogP contribution in [-0.4, -0.2) is 31.8 Å². The minimum absolute atomic E-state index is 0.357. The van der Waals surface area contributed by atoms with Gasteiger partial charge in [0.1, 0.15) is 5.69 Å². The predicted molar refractivity (Wildman–Crippen MR) is 83.6 cm³/mol. The van der Waals surface area contributed by atoms with Crippen molar-refractivity contribution >= 4 is 16.7 Å². The number of hydrogen-bond donors (Lipinski definition) is 0. The quantitative estimate of drug-likeness (QED) is 0.643. The molecular formula is C16H17N3O4. The van der Waals surface area contributed by atoms with Crippen molar-refractivity contribution in [2.45, 2.75) is 19.3 Å². The van der Waals surface area contributed by atoms with Gasteiger partial charge in [-0.25, -0.2) is 4.79 Å². The molecule has 1 saturated heterocycles. The molecule has 1 fully saturated rings. The Labute approximate surface area is 132 Å². The molecule has 120 valence electrons. The first-order valence-corrected chi connectivity index (χ1v) is 7.74. The summed E-state index contributed by atoms with van der Waals surface area (Å²) in [6.07, 6.45) is 3.01. The lowest BCUT2D eigenvalue weighted by Gasteiger charge is -2.13. The second-order valence-corrected chi connectivity index (χ2v) is 5.64. The zero-order chi connectivity index (χ0) is 15.8. The van der Waals surface area contributed by atoms with Crippen LogP contribution in [0.4, 0.5) is 5.69 Å². The molecule has 7 nitrogen and oxygen atoms in total. The topological polar surface area (TPSA) is 76.6 Å². The first kappa shape index (κ1) is 14.0. The molecule has 0 N–H and O–H groups in total. The molecule has 0 amide bonds. The summed E-state index contributed by atoms with van der Waals surface area (Å²) in [5, 5.41) is 11.5. The Morgan fingerprint density at radius 3 is 2.87 bits per heavy atom. The van der Waals surface area contributed by atoms with Gasteiger partial charge in [-0.1, -0.05) is 5.22 Å². The fourth-order valence-corrected chi connectivity index (χ4v) is 3.12. The van der Waals surface area contributed by atoms with Crippen LogP contribution >= 0.6 is 0 Å². The molecule has 0 atom stereocenters. The van der Waals surface area contributed by atoms with Crippen molar-refractivity contribution in [2.75, 3.05) is 26.8 Å². The van der Waals surface area contributed by atoms with Gasteiger partial charge in [-0.2, -0.15) is 0 Å². The van der Waals surface area contributed by atoms with E-state index >= 15 is 0 Å². The van der Waals surface area contributed by atoms with E-state index in [1.807, 2.05) is 5.01 Å². The second kappa shape index (κ2) is 5.57. The molecule has 4 rings (SSSR count). The Bertz CT molecular complexity index is 837. The van der Waals surface area contributed by atoms with Crippen LogP contribution in [0.1, 0.15) is 18.4 Å². The van der Waals surface area contributed by atoms with Crippen LogP contribution in [0.2, 0.25) is 0 Å². The Balaban J connectivity index is 1.93. The van der Waals surface area contributed by atoms with Gasteiger partial charge >= 0.3 is 5.63 Å². The van der Waals surface area contributed by atoms with Gasteiger partial charge in [-0.3, -0.25) is 5.01 Å². The molecule has 0 unspecified atom stereocenters. The third-order valence-corrected chi connectivity index (χ3v) is 4.22. The number of fused-ring (bicyclic) bond motifs is 2. The maximum Gasteiger partial charge on any atom is 0.336 e. The first-order valence-electron chi connectivity index (χ1n) is 7.74. The maximum atomic E-state index is 11.6. The standard InChI is InChI=1S/C16H17N3O4/c1-21-16-14-11(6-9-22-14)13(17-18-19-7-2-3-8-19)10-4-5-12(20)23-15(10)16/h4-5H,2-3,6-9H2,1H3. The number of ether oxygens (including phenoxy) is 2. The van der Waals surface area contributed by atoms with E-state index < -0.39 is 5.63 Å². The predicted octanol–water partition coefficient (Wildman–Crippen LogP) is 2.83. The monoisotopic (exact) mass is 315 g/mol. The van der Waals surface area contributed by atoms with Gasteiger partial charge in [0.05, 0.1) is 13.7 Å². The van der Waals surface area contributed by atoms with Crippen molar-refractivity contribution in [2.24, 2.45) is 10.3 Å². The summed E-state index contributed by atoms with van der Waals surface area (Å²) in [6, 6.07) is 3.10. The van der Waals surface area contributed by atoms with Gasteiger partial charge in [0.15, 0.2) is 11.3 Å². The van der Waals surface area contributed by atoms with Crippen LogP contribution in [0.15, 0.2) is 31.7 Å². The average molecular weight is 315 g/mol. The molecule has 2 aliphatic rings. The Kier molecular flexibility index (Phi) is 3.40. The highest BCUT2D eigenvalue weighted by molar-refractivity contribution is 5.97. The SMILES string of the molecule is COc1c2c(c(N=NN3CCCC3)c3ccc(=O)oc13)CCO2. The zero-order valence-electron chi connectivity index (χ0n) is 12.9. The Morgan fingerprint density at radius 1 is 1.26 bits per heavy atom. The van der Waals surface area contributed by atoms with Crippen LogP contribution in [0.3, 0.4) is 0 Å². The average Bonchev–Trinajstić information content (AvgIpc) is 3.22. The van der Waals surface area contributed by atoms with Crippen molar-refractivity contribution in [1.82, 2.24) is 5.01 Å². The fraction of sp³-hybridized carbons (Fsp3) is 0.438. The summed E-state index contributed by atoms with van der Waals surface area (Å²) in [4.78, 5) is 11.6. The molecule has 0 saturated carbocycles. The van der Waals surface area contributed by atoms with E-state index in [-0.39, 0.29) is 0 Å². The Hall–Kier alpha value is -2.57. The third-order valence-electron chi connectivity index (χ3n) is 4.22. The molecular weight excluding hydrogens is 298 g/mol. The third kappa shape index (κ3) is 2.32. The van der Waals surface area contributed by atoms with Crippen molar-refractivity contribution < 1.29 is 13.9 Å². The van der Waals surface area contributed by atoms with E-state index in [0.717, 1.165) is 37.9 Å². The van der Waals surface area contributed by atoms with E-state index in [0.29, 0.717) is 34.8 Å². The summed E-state index contributed by atoms with van der Waals surface area (Å²) in [5.41, 5.74) is 1.57. The minimum atomic E-state index is -0.434. The van der Waals surface area contributed by atoms with Crippen molar-refractivity contribution in [1.29, 1.82) is 0 Å². The van der Waals surface area contributed by atoms with Crippen LogP contribution in [0.5, 0.6) is 11.5 Å². The first-order chi connectivity index (χ1) is 11.3. The number of nitrogens with zero attached hydrogens (tertiary/aromatic N) is 3. The molecule has 0 radical (unpaired) electrons. The van der Waals surface area contributed by atoms with E-state index in [1.165, 1.54) is 13.2 Å². The van der Waals surface area contributed by atoms with E-state index in [9.17, 15) is 4.79 Å². The number of hydrogen-bond acceptors (Lipinski definition) is 6. The second-order valence-electron chi connectivity index (χ2n) is 5.64. The van der Waals surface area contributed by atoms with Gasteiger partial charge in [0.25, 0.3) is 0 Å². The van der Waals surface area contributed by atoms with E-state index in [1.54, 1.807) is 6.07 Å². The highest BCUT2D eigenvalue weighted by Gasteiger charge is 2.27. The number of rotatable bonds is 3. The van der Waals surface area contributed by atoms with Gasteiger partial charge in [0, 0.05) is 36.5 Å². The summed E-state index contributed by atoms with van der Waals surface area (Å²) < 4.78 is 16.4. The van der Waals surface area contributed by atoms with Crippen molar-refractivity contribution in [3.8, 4) is 11.5 Å². The molecule has 2 aliphatic heterocycles. The van der Waals surface area contributed by atoms with Gasteiger partial charge < -0.3 is 13.9 Å². The Morgan fingerprint density at radius 2 is 2.09 bits per heavy atom. The largest absolute Gasteiger partial charge is 0.490 e. The van der Waals surface area contributed by atoms with Gasteiger partial charge in [-0.05, 0) is 18.9 Å². The van der Waals surface area contributed by atoms with Gasteiger partial charge in [0.2, 0.25) is 5.75 Å². The molecule has 23 heavy (non-hydrogen) atoms. The van der Waals surface area contributed by atoms with Crippen LogP contribution < -0.4 is 15.1 Å². The molecule has 0 bridgehead atoms. The lowest BCUT2D eigenvalue weighted by Crippen LogP contribution is -2.09. The number of methoxy groups -OCH3 is 1. The van der Waals surface area contributed by atoms with Crippen LogP contribution in [-0.2, 0) is 6.42 Å². The van der Waals surface area contributed by atoms with Crippen molar-refractivity contribution in [3.63, 3.8) is 0 Å². The minimum Gasteiger partial charge on any atom is -0.490 e. The molecule has 7 heteroatoms. The normalized spacial score (nSPS) is 17.0. The summed E-state index contributed by atoms with van der Waals surface area (Å²) in [5.74, 6) is 1.05. The van der Waals surface area contributed by atoms with E-state index in [2.05, 4.69) is 10.3 Å². The van der Waals surface area contributed by atoms with E-state index in [4.69, 9.17) is 13.9 Å². The lowest BCUT2D eigenvalue weighted by molar-refractivity contribution is 0.324. The summed E-state index contributed by atoms with van der Waals surface area (Å²) in [7, 11) is 1.54. The highest BCUT2D eigenvalue weighted by Crippen LogP contribution is 2.48. The highest BCUT2D eigenvalue weighted by atomic mass is 16.5. The maximum absolute atomic E-state index is 11.6. The van der Waals surface area contributed by atoms with Crippen molar-refractivity contribution in [3.05, 3.63) is 28.1 Å². The molecule has 3 heterocycles. The van der Waals surface area contributed by atoms with Gasteiger partial charge in [-0.15, -0.1) is 5.11 Å². The molecule has 0 aliphatic carbocycles. The molecule has 0 spiro atoms. The molecule has 1 aromatic carbocycles. The number of benzene rings is 1. The summed E-state index contributed by atoms with van der Waals surface area (Å²) >= 11 is 0. The molecule has 1 aromatic heterocycles. The summed E-state index contributed by atoms with van der Waals surface area (Å²) in [6.45, 7) is 2.40. The van der Waals surface area contributed by atoms with Crippen LogP contribution in [0, 0.1) is 0 Å².